The fraction of sp³-hybridized carbons (Fsp3) is 0.357. The van der Waals surface area contributed by atoms with Crippen LogP contribution in [0.3, 0.4) is 0 Å². The maximum Gasteiger partial charge on any atom is 0.215 e. The van der Waals surface area contributed by atoms with Gasteiger partial charge in [-0.15, -0.1) is 0 Å². The van der Waals surface area contributed by atoms with Gasteiger partial charge in [-0.2, -0.15) is 0 Å². The van der Waals surface area contributed by atoms with Crippen LogP contribution in [0.5, 0.6) is 11.6 Å². The number of piperazine rings is 1. The summed E-state index contributed by atoms with van der Waals surface area (Å²) in [4.78, 5) is 12.0. The van der Waals surface area contributed by atoms with E-state index in [4.69, 9.17) is 14.7 Å². The molecule has 0 amide bonds. The molecule has 2 aliphatic rings. The van der Waals surface area contributed by atoms with E-state index in [1.165, 1.54) is 12.8 Å². The smallest absolute Gasteiger partial charge is 0.215 e. The fourth-order valence-corrected chi connectivity index (χ4v) is 5.39. The van der Waals surface area contributed by atoms with Gasteiger partial charge < -0.3 is 20.1 Å². The number of pyridine rings is 2. The molecular weight excluding hydrogens is 424 g/mol. The van der Waals surface area contributed by atoms with Gasteiger partial charge in [0.05, 0.1) is 18.3 Å². The van der Waals surface area contributed by atoms with Gasteiger partial charge in [-0.25, -0.2) is 4.98 Å². The second kappa shape index (κ2) is 9.11. The lowest BCUT2D eigenvalue weighted by molar-refractivity contribution is 0.399. The number of nitrogens with zero attached hydrogens (tertiary/aromatic N) is 3. The second-order valence-electron chi connectivity index (χ2n) is 8.98. The van der Waals surface area contributed by atoms with Crippen molar-refractivity contribution in [3.63, 3.8) is 0 Å². The first kappa shape index (κ1) is 22.4. The number of hydrogen-bond donors (Lipinski definition) is 2. The zero-order valence-corrected chi connectivity index (χ0v) is 20.3. The average Bonchev–Trinajstić information content (AvgIpc) is 3.20. The van der Waals surface area contributed by atoms with Crippen molar-refractivity contribution in [2.24, 2.45) is 0 Å². The summed E-state index contributed by atoms with van der Waals surface area (Å²) in [6, 6.07) is 14.9. The second-order valence-corrected chi connectivity index (χ2v) is 8.98. The van der Waals surface area contributed by atoms with E-state index >= 15 is 0 Å². The van der Waals surface area contributed by atoms with Crippen molar-refractivity contribution >= 4 is 27.5 Å². The molecule has 2 N–H and O–H groups in total. The van der Waals surface area contributed by atoms with E-state index in [1.807, 2.05) is 44.3 Å². The van der Waals surface area contributed by atoms with Gasteiger partial charge in [0.15, 0.2) is 0 Å². The van der Waals surface area contributed by atoms with Gasteiger partial charge in [0.2, 0.25) is 5.88 Å². The Bertz CT molecular complexity index is 1340. The van der Waals surface area contributed by atoms with E-state index in [1.54, 1.807) is 13.2 Å². The molecule has 2 unspecified atom stereocenters. The highest BCUT2D eigenvalue weighted by Gasteiger charge is 2.33. The number of aromatic hydroxyl groups is 1. The van der Waals surface area contributed by atoms with Crippen molar-refractivity contribution in [2.45, 2.75) is 45.7 Å². The number of aromatic nitrogens is 2. The summed E-state index contributed by atoms with van der Waals surface area (Å²) >= 11 is 0. The Hall–Kier alpha value is -3.38. The molecule has 176 valence electrons. The van der Waals surface area contributed by atoms with Crippen LogP contribution in [0.25, 0.3) is 32.9 Å². The van der Waals surface area contributed by atoms with Gasteiger partial charge in [-0.05, 0) is 59.9 Å². The van der Waals surface area contributed by atoms with Crippen molar-refractivity contribution in [3.8, 4) is 22.8 Å². The molecule has 2 aliphatic heterocycles. The molecule has 2 atom stereocenters. The summed E-state index contributed by atoms with van der Waals surface area (Å²) in [7, 11) is 1.66. The maximum absolute atomic E-state index is 10.4. The number of nitrogens with one attached hydrogen (secondary N) is 1. The molecule has 2 fully saturated rings. The average molecular weight is 457 g/mol. The lowest BCUT2D eigenvalue weighted by Crippen LogP contribution is -2.51. The molecule has 2 bridgehead atoms. The summed E-state index contributed by atoms with van der Waals surface area (Å²) in [5.74, 6) is 0.836. The number of benzene rings is 2. The summed E-state index contributed by atoms with van der Waals surface area (Å²) < 4.78 is 5.56. The molecule has 2 aromatic heterocycles. The van der Waals surface area contributed by atoms with Crippen molar-refractivity contribution in [1.29, 1.82) is 0 Å². The number of aryl methyl sites for hydroxylation is 1. The third-order valence-corrected chi connectivity index (χ3v) is 6.85. The van der Waals surface area contributed by atoms with E-state index < -0.39 is 0 Å². The topological polar surface area (TPSA) is 70.5 Å². The Morgan fingerprint density at radius 2 is 1.82 bits per heavy atom. The number of methoxy groups -OCH3 is 1. The lowest BCUT2D eigenvalue weighted by atomic mass is 9.95. The zero-order chi connectivity index (χ0) is 23.8. The van der Waals surface area contributed by atoms with Gasteiger partial charge in [0, 0.05) is 43.0 Å². The van der Waals surface area contributed by atoms with Gasteiger partial charge in [0.25, 0.3) is 0 Å². The van der Waals surface area contributed by atoms with Crippen molar-refractivity contribution in [2.75, 3.05) is 25.1 Å². The summed E-state index contributed by atoms with van der Waals surface area (Å²) in [5.41, 5.74) is 5.81. The molecule has 0 saturated carbocycles. The van der Waals surface area contributed by atoms with Crippen molar-refractivity contribution in [1.82, 2.24) is 15.3 Å². The molecule has 4 heterocycles. The van der Waals surface area contributed by atoms with E-state index in [-0.39, 0.29) is 5.75 Å². The molecular formula is C28H32N4O2. The molecule has 2 aromatic carbocycles. The van der Waals surface area contributed by atoms with Gasteiger partial charge in [-0.3, -0.25) is 4.98 Å². The minimum atomic E-state index is 0.244. The lowest BCUT2D eigenvalue weighted by Gasteiger charge is -2.35. The third kappa shape index (κ3) is 3.92. The molecule has 6 heteroatoms. The largest absolute Gasteiger partial charge is 0.508 e. The van der Waals surface area contributed by atoms with Crippen molar-refractivity contribution < 1.29 is 9.84 Å². The van der Waals surface area contributed by atoms with Crippen LogP contribution in [0.1, 0.15) is 32.3 Å². The minimum absolute atomic E-state index is 0.244. The van der Waals surface area contributed by atoms with Crippen LogP contribution in [0.4, 0.5) is 5.69 Å². The first-order chi connectivity index (χ1) is 16.6. The van der Waals surface area contributed by atoms with Crippen LogP contribution in [0.15, 0.2) is 48.7 Å². The molecule has 2 saturated heterocycles. The highest BCUT2D eigenvalue weighted by molar-refractivity contribution is 6.01. The molecule has 0 radical (unpaired) electrons. The monoisotopic (exact) mass is 456 g/mol. The summed E-state index contributed by atoms with van der Waals surface area (Å²) in [6.45, 7) is 8.03. The van der Waals surface area contributed by atoms with E-state index in [2.05, 4.69) is 29.3 Å². The van der Waals surface area contributed by atoms with Crippen LogP contribution in [-0.4, -0.2) is 47.4 Å². The summed E-state index contributed by atoms with van der Waals surface area (Å²) in [5, 5.41) is 16.2. The number of phenolic OH excluding ortho intramolecular Hbond substituents is 1. The standard InChI is InChI=1S/C26H26N4O2.C2H6/c1-15-4-3-5-16-8-20(31)10-21(25(15)16)17-9-22-26(27-12-17)23(11-24(29-22)32-2)30-13-18-6-7-19(14-30)28-18;1-2/h3-5,8-12,18-19,28,31H,6-7,13-14H2,1-2H3;1-2H3. The number of fused-ring (bicyclic) bond motifs is 4. The van der Waals surface area contributed by atoms with Crippen molar-refractivity contribution in [3.05, 3.63) is 54.2 Å². The van der Waals surface area contributed by atoms with Crippen LogP contribution >= 0.6 is 0 Å². The number of rotatable bonds is 3. The predicted octanol–water partition coefficient (Wildman–Crippen LogP) is 5.44. The minimum Gasteiger partial charge on any atom is -0.508 e. The molecule has 0 aliphatic carbocycles. The maximum atomic E-state index is 10.4. The predicted molar refractivity (Wildman–Crippen MR) is 139 cm³/mol. The SMILES string of the molecule is CC.COc1cc(N2CC3CCC(C2)N3)c2ncc(-c3cc(O)cc4cccc(C)c34)cc2n1. The number of phenols is 1. The van der Waals surface area contributed by atoms with Crippen LogP contribution in [0.2, 0.25) is 0 Å². The molecule has 4 aromatic rings. The molecule has 34 heavy (non-hydrogen) atoms. The zero-order valence-electron chi connectivity index (χ0n) is 20.3. The van der Waals surface area contributed by atoms with Crippen LogP contribution in [-0.2, 0) is 0 Å². The Balaban J connectivity index is 0.00000117. The highest BCUT2D eigenvalue weighted by Crippen LogP contribution is 2.37. The fourth-order valence-electron chi connectivity index (χ4n) is 5.39. The van der Waals surface area contributed by atoms with Crippen LogP contribution in [0, 0.1) is 6.92 Å². The number of ether oxygens (including phenoxy) is 1. The third-order valence-electron chi connectivity index (χ3n) is 6.85. The normalized spacial score (nSPS) is 19.2. The number of hydrogen-bond acceptors (Lipinski definition) is 6. The molecule has 6 nitrogen and oxygen atoms in total. The quantitative estimate of drug-likeness (QED) is 0.428. The van der Waals surface area contributed by atoms with Crippen LogP contribution < -0.4 is 15.0 Å². The summed E-state index contributed by atoms with van der Waals surface area (Å²) in [6.07, 6.45) is 4.35. The number of anilines is 1. The van der Waals surface area contributed by atoms with E-state index in [0.29, 0.717) is 18.0 Å². The van der Waals surface area contributed by atoms with E-state index in [0.717, 1.165) is 57.3 Å². The highest BCUT2D eigenvalue weighted by atomic mass is 16.5. The Labute approximate surface area is 200 Å². The Kier molecular flexibility index (Phi) is 6.00. The van der Waals surface area contributed by atoms with Gasteiger partial charge in [0.1, 0.15) is 11.3 Å². The Morgan fingerprint density at radius 1 is 1.06 bits per heavy atom. The van der Waals surface area contributed by atoms with E-state index in [9.17, 15) is 5.11 Å². The Morgan fingerprint density at radius 3 is 2.56 bits per heavy atom. The molecule has 6 rings (SSSR count). The van der Waals surface area contributed by atoms with Gasteiger partial charge in [-0.1, -0.05) is 32.0 Å². The first-order valence-electron chi connectivity index (χ1n) is 12.2. The first-order valence-corrected chi connectivity index (χ1v) is 12.2. The molecule has 0 spiro atoms. The van der Waals surface area contributed by atoms with Gasteiger partial charge >= 0.3 is 0 Å².